The average Bonchev–Trinajstić information content (AvgIpc) is 2.91. The first kappa shape index (κ1) is 20.0. The van der Waals surface area contributed by atoms with Gasteiger partial charge in [0.15, 0.2) is 0 Å². The molecule has 0 spiro atoms. The Labute approximate surface area is 169 Å². The van der Waals surface area contributed by atoms with E-state index in [0.29, 0.717) is 16.3 Å². The van der Waals surface area contributed by atoms with E-state index in [-0.39, 0.29) is 24.3 Å². The molecular weight excluding hydrogens is 376 g/mol. The van der Waals surface area contributed by atoms with Crippen LogP contribution in [0, 0.1) is 6.92 Å². The van der Waals surface area contributed by atoms with Crippen molar-refractivity contribution >= 4 is 29.6 Å². The fourth-order valence-electron chi connectivity index (χ4n) is 2.88. The molecule has 1 saturated heterocycles. The molecule has 0 aromatic heterocycles. The van der Waals surface area contributed by atoms with E-state index in [0.717, 1.165) is 17.5 Å². The summed E-state index contributed by atoms with van der Waals surface area (Å²) in [5.41, 5.74) is 2.92. The third-order valence-corrected chi connectivity index (χ3v) is 4.85. The van der Waals surface area contributed by atoms with E-state index in [4.69, 9.17) is 16.3 Å². The summed E-state index contributed by atoms with van der Waals surface area (Å²) in [6.45, 7) is 6.21. The molecule has 6 heteroatoms. The Kier molecular flexibility index (Phi) is 6.05. The Balaban J connectivity index is 1.77. The fraction of sp³-hybridized carbons (Fsp3) is 0.273. The third kappa shape index (κ3) is 4.54. The van der Waals surface area contributed by atoms with Gasteiger partial charge in [-0.1, -0.05) is 54.4 Å². The maximum Gasteiger partial charge on any atom is 0.329 e. The van der Waals surface area contributed by atoms with Crippen LogP contribution in [0.3, 0.4) is 0 Å². The van der Waals surface area contributed by atoms with Gasteiger partial charge in [-0.05, 0) is 49.6 Å². The lowest BCUT2D eigenvalue weighted by molar-refractivity contribution is -0.123. The number of aryl methyl sites for hydroxylation is 1. The lowest BCUT2D eigenvalue weighted by Crippen LogP contribution is -2.30. The summed E-state index contributed by atoms with van der Waals surface area (Å²) < 4.78 is 5.75. The first-order valence-electron chi connectivity index (χ1n) is 9.23. The summed E-state index contributed by atoms with van der Waals surface area (Å²) in [6, 6.07) is 12.6. The maximum absolute atomic E-state index is 12.7. The van der Waals surface area contributed by atoms with Crippen LogP contribution in [0.1, 0.15) is 37.0 Å². The van der Waals surface area contributed by atoms with Gasteiger partial charge < -0.3 is 10.1 Å². The number of carbonyl (C=O) groups excluding carboxylic acids is 2. The highest BCUT2D eigenvalue weighted by atomic mass is 35.5. The van der Waals surface area contributed by atoms with E-state index < -0.39 is 6.03 Å². The molecule has 3 amide bonds. The Morgan fingerprint density at radius 1 is 1.21 bits per heavy atom. The highest BCUT2D eigenvalue weighted by molar-refractivity contribution is 6.32. The number of benzene rings is 2. The van der Waals surface area contributed by atoms with E-state index in [1.807, 2.05) is 45.0 Å². The van der Waals surface area contributed by atoms with Gasteiger partial charge in [0.1, 0.15) is 11.4 Å². The first-order valence-corrected chi connectivity index (χ1v) is 9.61. The molecule has 1 aliphatic heterocycles. The number of nitrogens with zero attached hydrogens (tertiary/aromatic N) is 1. The SMILES string of the molecule is CC[C@H](C)Oc1ccc(/C=C2/NC(=O)N(Cc3cccc(C)c3)C2=O)cc1Cl. The number of carbonyl (C=O) groups is 2. The van der Waals surface area contributed by atoms with Crippen molar-refractivity contribution in [3.8, 4) is 5.75 Å². The van der Waals surface area contributed by atoms with Crippen molar-refractivity contribution in [3.05, 3.63) is 69.9 Å². The number of nitrogens with one attached hydrogen (secondary N) is 1. The van der Waals surface area contributed by atoms with Crippen LogP contribution >= 0.6 is 11.6 Å². The third-order valence-electron chi connectivity index (χ3n) is 4.56. The molecule has 146 valence electrons. The van der Waals surface area contributed by atoms with Gasteiger partial charge in [0.2, 0.25) is 0 Å². The summed E-state index contributed by atoms with van der Waals surface area (Å²) in [6.07, 6.45) is 2.56. The second-order valence-corrected chi connectivity index (χ2v) is 7.30. The zero-order chi connectivity index (χ0) is 20.3. The molecule has 0 unspecified atom stereocenters. The summed E-state index contributed by atoms with van der Waals surface area (Å²) in [5.74, 6) is 0.239. The van der Waals surface area contributed by atoms with Crippen molar-refractivity contribution in [1.82, 2.24) is 10.2 Å². The highest BCUT2D eigenvalue weighted by Crippen LogP contribution is 2.28. The fourth-order valence-corrected chi connectivity index (χ4v) is 3.11. The lowest BCUT2D eigenvalue weighted by atomic mass is 10.1. The van der Waals surface area contributed by atoms with Crippen LogP contribution in [0.4, 0.5) is 4.79 Å². The lowest BCUT2D eigenvalue weighted by Gasteiger charge is -2.14. The van der Waals surface area contributed by atoms with Crippen molar-refractivity contribution in [2.75, 3.05) is 0 Å². The Hall–Kier alpha value is -2.79. The summed E-state index contributed by atoms with van der Waals surface area (Å²) in [4.78, 5) is 26.1. The van der Waals surface area contributed by atoms with E-state index in [2.05, 4.69) is 5.32 Å². The standard InChI is InChI=1S/C22H23ClN2O3/c1-4-15(3)28-20-9-8-16(11-18(20)23)12-19-21(26)25(22(27)24-19)13-17-7-5-6-14(2)10-17/h5-12,15H,4,13H2,1-3H3,(H,24,27)/b19-12+/t15-/m0/s1. The van der Waals surface area contributed by atoms with Crippen LogP contribution < -0.4 is 10.1 Å². The van der Waals surface area contributed by atoms with Gasteiger partial charge in [-0.25, -0.2) is 4.79 Å². The summed E-state index contributed by atoms with van der Waals surface area (Å²) in [5, 5.41) is 3.10. The van der Waals surface area contributed by atoms with Gasteiger partial charge in [-0.15, -0.1) is 0 Å². The second kappa shape index (κ2) is 8.48. The molecule has 28 heavy (non-hydrogen) atoms. The predicted molar refractivity (Wildman–Crippen MR) is 110 cm³/mol. The Morgan fingerprint density at radius 3 is 2.68 bits per heavy atom. The number of imide groups is 1. The molecule has 0 saturated carbocycles. The minimum atomic E-state index is -0.430. The molecule has 0 bridgehead atoms. The summed E-state index contributed by atoms with van der Waals surface area (Å²) >= 11 is 6.29. The smallest absolute Gasteiger partial charge is 0.329 e. The van der Waals surface area contributed by atoms with Gasteiger partial charge in [0.05, 0.1) is 17.7 Å². The number of hydrogen-bond donors (Lipinski definition) is 1. The molecule has 2 aromatic rings. The molecule has 5 nitrogen and oxygen atoms in total. The molecule has 0 radical (unpaired) electrons. The van der Waals surface area contributed by atoms with Crippen molar-refractivity contribution in [1.29, 1.82) is 0 Å². The maximum atomic E-state index is 12.7. The zero-order valence-corrected chi connectivity index (χ0v) is 16.9. The van der Waals surface area contributed by atoms with Crippen molar-refractivity contribution in [2.24, 2.45) is 0 Å². The van der Waals surface area contributed by atoms with E-state index in [1.54, 1.807) is 24.3 Å². The van der Waals surface area contributed by atoms with E-state index in [9.17, 15) is 9.59 Å². The predicted octanol–water partition coefficient (Wildman–Crippen LogP) is 4.92. The van der Waals surface area contributed by atoms with Crippen LogP contribution in [0.5, 0.6) is 5.75 Å². The first-order chi connectivity index (χ1) is 13.4. The number of rotatable bonds is 6. The molecular formula is C22H23ClN2O3. The molecule has 1 aliphatic rings. The minimum Gasteiger partial charge on any atom is -0.489 e. The van der Waals surface area contributed by atoms with E-state index >= 15 is 0 Å². The molecule has 2 aromatic carbocycles. The number of ether oxygens (including phenoxy) is 1. The van der Waals surface area contributed by atoms with Gasteiger partial charge in [-0.3, -0.25) is 9.69 Å². The van der Waals surface area contributed by atoms with E-state index in [1.165, 1.54) is 4.90 Å². The molecule has 1 N–H and O–H groups in total. The normalized spacial score (nSPS) is 16.4. The van der Waals surface area contributed by atoms with Gasteiger partial charge >= 0.3 is 6.03 Å². The van der Waals surface area contributed by atoms with Crippen LogP contribution in [0.15, 0.2) is 48.2 Å². The van der Waals surface area contributed by atoms with Gasteiger partial charge in [0.25, 0.3) is 5.91 Å². The number of amides is 3. The second-order valence-electron chi connectivity index (χ2n) is 6.90. The van der Waals surface area contributed by atoms with Crippen LogP contribution in [0.2, 0.25) is 5.02 Å². The van der Waals surface area contributed by atoms with Gasteiger partial charge in [-0.2, -0.15) is 0 Å². The highest BCUT2D eigenvalue weighted by Gasteiger charge is 2.33. The number of hydrogen-bond acceptors (Lipinski definition) is 3. The van der Waals surface area contributed by atoms with Crippen LogP contribution in [0.25, 0.3) is 6.08 Å². The number of urea groups is 1. The monoisotopic (exact) mass is 398 g/mol. The molecule has 1 atom stereocenters. The molecule has 1 heterocycles. The Bertz CT molecular complexity index is 939. The number of halogens is 1. The van der Waals surface area contributed by atoms with Crippen molar-refractivity contribution < 1.29 is 14.3 Å². The average molecular weight is 399 g/mol. The van der Waals surface area contributed by atoms with Crippen molar-refractivity contribution in [2.45, 2.75) is 39.8 Å². The summed E-state index contributed by atoms with van der Waals surface area (Å²) in [7, 11) is 0. The van der Waals surface area contributed by atoms with Crippen molar-refractivity contribution in [3.63, 3.8) is 0 Å². The molecule has 1 fully saturated rings. The zero-order valence-electron chi connectivity index (χ0n) is 16.2. The van der Waals surface area contributed by atoms with Gasteiger partial charge in [0, 0.05) is 0 Å². The Morgan fingerprint density at radius 2 is 2.00 bits per heavy atom. The molecule has 3 rings (SSSR count). The molecule has 0 aliphatic carbocycles. The quantitative estimate of drug-likeness (QED) is 0.555. The van der Waals surface area contributed by atoms with Crippen LogP contribution in [-0.2, 0) is 11.3 Å². The largest absolute Gasteiger partial charge is 0.489 e. The van der Waals surface area contributed by atoms with Crippen LogP contribution in [-0.4, -0.2) is 22.9 Å². The minimum absolute atomic E-state index is 0.0626. The topological polar surface area (TPSA) is 58.6 Å².